The van der Waals surface area contributed by atoms with Crippen molar-refractivity contribution in [3.63, 3.8) is 0 Å². The molecule has 0 aromatic rings. The van der Waals surface area contributed by atoms with Gasteiger partial charge in [0.05, 0.1) is 0 Å². The van der Waals surface area contributed by atoms with E-state index in [0.29, 0.717) is 25.0 Å². The number of esters is 1. The van der Waals surface area contributed by atoms with E-state index in [1.54, 1.807) is 6.92 Å². The molecule has 0 rings (SSSR count). The summed E-state index contributed by atoms with van der Waals surface area (Å²) in [7, 11) is 1.50. The van der Waals surface area contributed by atoms with Crippen LogP contribution in [0.1, 0.15) is 33.1 Å². The molecular formula is C13H26O6Si. The molecule has 0 heterocycles. The van der Waals surface area contributed by atoms with Gasteiger partial charge in [-0.1, -0.05) is 13.5 Å². The molecule has 0 aromatic carbocycles. The van der Waals surface area contributed by atoms with Crippen LogP contribution in [0, 0.1) is 0 Å². The first-order chi connectivity index (χ1) is 9.44. The van der Waals surface area contributed by atoms with Crippen molar-refractivity contribution in [2.45, 2.75) is 39.2 Å². The second-order valence-electron chi connectivity index (χ2n) is 4.32. The van der Waals surface area contributed by atoms with Gasteiger partial charge in [-0.15, -0.1) is 0 Å². The molecule has 0 aliphatic carbocycles. The van der Waals surface area contributed by atoms with E-state index < -0.39 is 9.05 Å². The number of rotatable bonds is 11. The summed E-state index contributed by atoms with van der Waals surface area (Å²) in [5.74, 6) is -0.354. The van der Waals surface area contributed by atoms with Crippen LogP contribution >= 0.6 is 0 Å². The van der Waals surface area contributed by atoms with Crippen LogP contribution < -0.4 is 0 Å². The van der Waals surface area contributed by atoms with Crippen LogP contribution in [0.2, 0.25) is 0 Å². The average molecular weight is 306 g/mol. The highest BCUT2D eigenvalue weighted by Gasteiger charge is 2.41. The fraction of sp³-hybridized carbons (Fsp3) is 0.769. The molecule has 0 saturated carbocycles. The van der Waals surface area contributed by atoms with Gasteiger partial charge >= 0.3 is 15.0 Å². The zero-order chi connectivity index (χ0) is 15.6. The Morgan fingerprint density at radius 3 is 2.15 bits per heavy atom. The first kappa shape index (κ1) is 19.3. The standard InChI is InChI=1S/C13H26O6Si/c1-7-12(19-13(14)11(2)3)9-8-10-18-20(15-4,16-5)17-6/h12H,2,7-10H2,1,3-6H3. The Kier molecular flexibility index (Phi) is 9.69. The Morgan fingerprint density at radius 1 is 1.20 bits per heavy atom. The van der Waals surface area contributed by atoms with Crippen molar-refractivity contribution in [1.29, 1.82) is 0 Å². The van der Waals surface area contributed by atoms with Crippen molar-refractivity contribution < 1.29 is 27.2 Å². The summed E-state index contributed by atoms with van der Waals surface area (Å²) < 4.78 is 26.3. The predicted octanol–water partition coefficient (Wildman–Crippen LogP) is 2.06. The molecule has 20 heavy (non-hydrogen) atoms. The molecular weight excluding hydrogens is 280 g/mol. The van der Waals surface area contributed by atoms with Gasteiger partial charge in [-0.2, -0.15) is 0 Å². The molecule has 0 aromatic heterocycles. The summed E-state index contributed by atoms with van der Waals surface area (Å²) >= 11 is 0. The molecule has 1 unspecified atom stereocenters. The third-order valence-corrected chi connectivity index (χ3v) is 4.83. The second-order valence-corrected chi connectivity index (χ2v) is 6.83. The van der Waals surface area contributed by atoms with Crippen molar-refractivity contribution in [2.75, 3.05) is 27.9 Å². The number of hydrogen-bond acceptors (Lipinski definition) is 6. The second kappa shape index (κ2) is 10.1. The van der Waals surface area contributed by atoms with E-state index in [0.717, 1.165) is 6.42 Å². The number of hydrogen-bond donors (Lipinski definition) is 0. The van der Waals surface area contributed by atoms with E-state index >= 15 is 0 Å². The summed E-state index contributed by atoms with van der Waals surface area (Å²) in [4.78, 5) is 11.4. The van der Waals surface area contributed by atoms with Crippen LogP contribution in [-0.4, -0.2) is 49.1 Å². The Balaban J connectivity index is 4.08. The highest BCUT2D eigenvalue weighted by Crippen LogP contribution is 2.12. The molecule has 0 aliphatic rings. The van der Waals surface area contributed by atoms with Crippen molar-refractivity contribution in [3.05, 3.63) is 12.2 Å². The van der Waals surface area contributed by atoms with Crippen molar-refractivity contribution in [3.8, 4) is 0 Å². The minimum atomic E-state index is -2.97. The molecule has 7 heteroatoms. The Bertz CT molecular complexity index is 295. The summed E-state index contributed by atoms with van der Waals surface area (Å²) in [6.07, 6.45) is 2.04. The monoisotopic (exact) mass is 306 g/mol. The Morgan fingerprint density at radius 2 is 1.75 bits per heavy atom. The first-order valence-electron chi connectivity index (χ1n) is 6.60. The maximum atomic E-state index is 11.4. The molecule has 0 fully saturated rings. The minimum Gasteiger partial charge on any atom is -0.459 e. The maximum absolute atomic E-state index is 11.4. The minimum absolute atomic E-state index is 0.133. The van der Waals surface area contributed by atoms with E-state index in [4.69, 9.17) is 22.4 Å². The fourth-order valence-corrected chi connectivity index (χ4v) is 2.78. The molecule has 1 atom stereocenters. The van der Waals surface area contributed by atoms with E-state index in [1.807, 2.05) is 6.92 Å². The SMILES string of the molecule is C=C(C)C(=O)OC(CC)CCCO[Si](OC)(OC)OC. The van der Waals surface area contributed by atoms with Gasteiger partial charge in [-0.05, 0) is 26.2 Å². The third kappa shape index (κ3) is 6.62. The van der Waals surface area contributed by atoms with Crippen LogP contribution in [0.5, 0.6) is 0 Å². The summed E-state index contributed by atoms with van der Waals surface area (Å²) in [6, 6.07) is 0. The van der Waals surface area contributed by atoms with Crippen molar-refractivity contribution >= 4 is 15.0 Å². The van der Waals surface area contributed by atoms with Crippen LogP contribution in [-0.2, 0) is 27.2 Å². The quantitative estimate of drug-likeness (QED) is 0.252. The first-order valence-corrected chi connectivity index (χ1v) is 8.23. The number of carbonyl (C=O) groups excluding carboxylic acids is 1. The van der Waals surface area contributed by atoms with Crippen LogP contribution in [0.3, 0.4) is 0 Å². The Hall–Kier alpha value is -0.733. The molecule has 0 spiro atoms. The van der Waals surface area contributed by atoms with E-state index in [-0.39, 0.29) is 12.1 Å². The molecule has 6 nitrogen and oxygen atoms in total. The van der Waals surface area contributed by atoms with Gasteiger partial charge in [0.1, 0.15) is 6.10 Å². The number of carbonyl (C=O) groups is 1. The van der Waals surface area contributed by atoms with Gasteiger partial charge < -0.3 is 22.4 Å². The van der Waals surface area contributed by atoms with Crippen LogP contribution in [0.4, 0.5) is 0 Å². The lowest BCUT2D eigenvalue weighted by atomic mass is 10.1. The molecule has 118 valence electrons. The van der Waals surface area contributed by atoms with Gasteiger partial charge in [0.2, 0.25) is 0 Å². The van der Waals surface area contributed by atoms with E-state index in [9.17, 15) is 4.79 Å². The molecule has 0 amide bonds. The van der Waals surface area contributed by atoms with Gasteiger partial charge in [0.15, 0.2) is 0 Å². The van der Waals surface area contributed by atoms with Gasteiger partial charge in [-0.3, -0.25) is 0 Å². The van der Waals surface area contributed by atoms with Gasteiger partial charge in [0, 0.05) is 33.5 Å². The topological polar surface area (TPSA) is 63.2 Å². The summed E-state index contributed by atoms with van der Waals surface area (Å²) in [5, 5.41) is 0. The molecule has 0 N–H and O–H groups in total. The average Bonchev–Trinajstić information content (AvgIpc) is 2.46. The van der Waals surface area contributed by atoms with E-state index in [2.05, 4.69) is 6.58 Å². The largest absolute Gasteiger partial charge is 0.678 e. The third-order valence-electron chi connectivity index (χ3n) is 2.78. The molecule has 0 saturated heterocycles. The zero-order valence-corrected chi connectivity index (χ0v) is 14.1. The van der Waals surface area contributed by atoms with Gasteiger partial charge in [-0.25, -0.2) is 4.79 Å². The highest BCUT2D eigenvalue weighted by molar-refractivity contribution is 6.53. The lowest BCUT2D eigenvalue weighted by molar-refractivity contribution is -0.144. The Labute approximate surface area is 122 Å². The molecule has 0 radical (unpaired) electrons. The molecule has 0 bridgehead atoms. The van der Waals surface area contributed by atoms with Crippen LogP contribution in [0.25, 0.3) is 0 Å². The lowest BCUT2D eigenvalue weighted by Gasteiger charge is -2.23. The fourth-order valence-electron chi connectivity index (χ4n) is 1.53. The van der Waals surface area contributed by atoms with E-state index in [1.165, 1.54) is 21.3 Å². The van der Waals surface area contributed by atoms with Crippen molar-refractivity contribution in [2.24, 2.45) is 0 Å². The highest BCUT2D eigenvalue weighted by atomic mass is 28.4. The van der Waals surface area contributed by atoms with Gasteiger partial charge in [0.25, 0.3) is 0 Å². The molecule has 0 aliphatic heterocycles. The smallest absolute Gasteiger partial charge is 0.459 e. The summed E-state index contributed by atoms with van der Waals surface area (Å²) in [6.45, 7) is 7.58. The predicted molar refractivity (Wildman–Crippen MR) is 77.0 cm³/mol. The summed E-state index contributed by atoms with van der Waals surface area (Å²) in [5.41, 5.74) is 0.407. The maximum Gasteiger partial charge on any atom is 0.678 e. The zero-order valence-electron chi connectivity index (χ0n) is 13.1. The normalized spacial score (nSPS) is 13.1. The lowest BCUT2D eigenvalue weighted by Crippen LogP contribution is -2.46. The van der Waals surface area contributed by atoms with Crippen molar-refractivity contribution in [1.82, 2.24) is 0 Å². The van der Waals surface area contributed by atoms with Crippen LogP contribution in [0.15, 0.2) is 12.2 Å². The number of ether oxygens (including phenoxy) is 1.